The molecule has 8 heteroatoms. The lowest BCUT2D eigenvalue weighted by Crippen LogP contribution is -2.53. The summed E-state index contributed by atoms with van der Waals surface area (Å²) in [5.74, 6) is 2.84. The Kier molecular flexibility index (Phi) is 6.31. The highest BCUT2D eigenvalue weighted by Gasteiger charge is 2.27. The highest BCUT2D eigenvalue weighted by Crippen LogP contribution is 2.26. The molecule has 0 radical (unpaired) electrons. The van der Waals surface area contributed by atoms with Gasteiger partial charge in [-0.3, -0.25) is 4.90 Å². The first-order chi connectivity index (χ1) is 13.1. The van der Waals surface area contributed by atoms with Gasteiger partial charge in [0.15, 0.2) is 0 Å². The van der Waals surface area contributed by atoms with Crippen LogP contribution in [0.5, 0.6) is 11.5 Å². The van der Waals surface area contributed by atoms with E-state index in [-0.39, 0.29) is 12.6 Å². The van der Waals surface area contributed by atoms with Gasteiger partial charge in [0.05, 0.1) is 14.2 Å². The van der Waals surface area contributed by atoms with Crippen molar-refractivity contribution in [3.63, 3.8) is 0 Å². The number of ether oxygens (including phenoxy) is 2. The number of aromatic nitrogens is 2. The van der Waals surface area contributed by atoms with Crippen molar-refractivity contribution in [3.05, 3.63) is 36.2 Å². The molecule has 1 atom stereocenters. The quantitative estimate of drug-likeness (QED) is 0.746. The average molecular weight is 373 g/mol. The molecule has 27 heavy (non-hydrogen) atoms. The van der Waals surface area contributed by atoms with Gasteiger partial charge in [-0.1, -0.05) is 0 Å². The lowest BCUT2D eigenvalue weighted by Gasteiger charge is -2.42. The van der Waals surface area contributed by atoms with E-state index < -0.39 is 0 Å². The van der Waals surface area contributed by atoms with Gasteiger partial charge >= 0.3 is 0 Å². The van der Waals surface area contributed by atoms with E-state index >= 15 is 0 Å². The summed E-state index contributed by atoms with van der Waals surface area (Å²) in [5.41, 5.74) is 6.91. The van der Waals surface area contributed by atoms with E-state index in [0.717, 1.165) is 49.1 Å². The zero-order chi connectivity index (χ0) is 19.2. The Labute approximate surface area is 159 Å². The van der Waals surface area contributed by atoms with Crippen LogP contribution in [-0.2, 0) is 6.54 Å². The van der Waals surface area contributed by atoms with Crippen LogP contribution in [0.2, 0.25) is 0 Å². The second-order valence-electron chi connectivity index (χ2n) is 6.60. The minimum Gasteiger partial charge on any atom is -0.497 e. The number of piperazine rings is 1. The highest BCUT2D eigenvalue weighted by molar-refractivity contribution is 5.46. The third-order valence-corrected chi connectivity index (χ3v) is 4.86. The molecule has 2 heterocycles. The molecule has 1 unspecified atom stereocenters. The maximum atomic E-state index is 9.54. The summed E-state index contributed by atoms with van der Waals surface area (Å²) in [6.07, 6.45) is 2.18. The number of aliphatic hydroxyl groups excluding tert-OH is 1. The molecule has 0 bridgehead atoms. The number of benzene rings is 1. The van der Waals surface area contributed by atoms with E-state index in [0.29, 0.717) is 12.2 Å². The molecule has 1 saturated heterocycles. The number of nitrogen functional groups attached to an aromatic ring is 1. The monoisotopic (exact) mass is 373 g/mol. The molecular weight excluding hydrogens is 346 g/mol. The van der Waals surface area contributed by atoms with Crippen LogP contribution in [0.15, 0.2) is 30.6 Å². The normalized spacial score (nSPS) is 17.7. The van der Waals surface area contributed by atoms with Gasteiger partial charge in [-0.15, -0.1) is 0 Å². The summed E-state index contributed by atoms with van der Waals surface area (Å²) in [4.78, 5) is 12.9. The van der Waals surface area contributed by atoms with Gasteiger partial charge in [0.2, 0.25) is 0 Å². The SMILES string of the molecule is COc1cc(CN2CCN(c3cc(N)ncn3)CC2CCO)cc(OC)c1. The van der Waals surface area contributed by atoms with Crippen LogP contribution < -0.4 is 20.1 Å². The van der Waals surface area contributed by atoms with Crippen molar-refractivity contribution in [2.45, 2.75) is 19.0 Å². The van der Waals surface area contributed by atoms with E-state index in [2.05, 4.69) is 19.8 Å². The number of hydrogen-bond acceptors (Lipinski definition) is 8. The molecule has 1 aromatic carbocycles. The summed E-state index contributed by atoms with van der Waals surface area (Å²) >= 11 is 0. The van der Waals surface area contributed by atoms with Crippen molar-refractivity contribution in [2.75, 3.05) is 51.1 Å². The predicted octanol–water partition coefficient (Wildman–Crippen LogP) is 1.15. The lowest BCUT2D eigenvalue weighted by atomic mass is 10.1. The van der Waals surface area contributed by atoms with Crippen LogP contribution in [-0.4, -0.2) is 66.5 Å². The summed E-state index contributed by atoms with van der Waals surface area (Å²) in [6, 6.07) is 7.91. The lowest BCUT2D eigenvalue weighted by molar-refractivity contribution is 0.135. The van der Waals surface area contributed by atoms with Crippen LogP contribution in [0.3, 0.4) is 0 Å². The average Bonchev–Trinajstić information content (AvgIpc) is 2.69. The molecule has 0 aliphatic carbocycles. The van der Waals surface area contributed by atoms with Gasteiger partial charge in [0, 0.05) is 51.0 Å². The maximum Gasteiger partial charge on any atom is 0.134 e. The van der Waals surface area contributed by atoms with Crippen molar-refractivity contribution >= 4 is 11.6 Å². The number of nitrogens with zero attached hydrogens (tertiary/aromatic N) is 4. The molecule has 8 nitrogen and oxygen atoms in total. The van der Waals surface area contributed by atoms with E-state index in [4.69, 9.17) is 15.2 Å². The molecular formula is C19H27N5O3. The van der Waals surface area contributed by atoms with Crippen LogP contribution in [0.25, 0.3) is 0 Å². The van der Waals surface area contributed by atoms with Crippen molar-refractivity contribution < 1.29 is 14.6 Å². The molecule has 1 aliphatic heterocycles. The molecule has 1 aromatic heterocycles. The van der Waals surface area contributed by atoms with Gasteiger partial charge in [-0.05, 0) is 24.1 Å². The van der Waals surface area contributed by atoms with Crippen molar-refractivity contribution in [1.29, 1.82) is 0 Å². The van der Waals surface area contributed by atoms with Crippen molar-refractivity contribution in [3.8, 4) is 11.5 Å². The maximum absolute atomic E-state index is 9.54. The smallest absolute Gasteiger partial charge is 0.134 e. The van der Waals surface area contributed by atoms with Crippen LogP contribution in [0.1, 0.15) is 12.0 Å². The minimum absolute atomic E-state index is 0.141. The van der Waals surface area contributed by atoms with E-state index in [1.807, 2.05) is 18.2 Å². The van der Waals surface area contributed by atoms with E-state index in [1.165, 1.54) is 6.33 Å². The Bertz CT molecular complexity index is 736. The number of methoxy groups -OCH3 is 2. The Hall–Kier alpha value is -2.58. The first-order valence-electron chi connectivity index (χ1n) is 9.02. The van der Waals surface area contributed by atoms with Crippen LogP contribution in [0.4, 0.5) is 11.6 Å². The van der Waals surface area contributed by atoms with E-state index in [1.54, 1.807) is 20.3 Å². The minimum atomic E-state index is 0.141. The van der Waals surface area contributed by atoms with Gasteiger partial charge in [-0.2, -0.15) is 0 Å². The van der Waals surface area contributed by atoms with Gasteiger partial charge in [0.25, 0.3) is 0 Å². The van der Waals surface area contributed by atoms with Gasteiger partial charge in [-0.25, -0.2) is 9.97 Å². The van der Waals surface area contributed by atoms with Crippen molar-refractivity contribution in [2.24, 2.45) is 0 Å². The number of hydrogen-bond donors (Lipinski definition) is 2. The molecule has 0 spiro atoms. The number of nitrogens with two attached hydrogens (primary N) is 1. The zero-order valence-corrected chi connectivity index (χ0v) is 15.8. The molecule has 146 valence electrons. The number of anilines is 2. The van der Waals surface area contributed by atoms with Crippen LogP contribution in [0, 0.1) is 0 Å². The summed E-state index contributed by atoms with van der Waals surface area (Å²) < 4.78 is 10.7. The predicted molar refractivity (Wildman–Crippen MR) is 104 cm³/mol. The summed E-state index contributed by atoms with van der Waals surface area (Å²) in [5, 5.41) is 9.54. The van der Waals surface area contributed by atoms with E-state index in [9.17, 15) is 5.11 Å². The first-order valence-corrected chi connectivity index (χ1v) is 9.02. The largest absolute Gasteiger partial charge is 0.497 e. The highest BCUT2D eigenvalue weighted by atomic mass is 16.5. The number of rotatable bonds is 7. The Balaban J connectivity index is 1.74. The van der Waals surface area contributed by atoms with Gasteiger partial charge < -0.3 is 25.2 Å². The Morgan fingerprint density at radius 3 is 2.48 bits per heavy atom. The fraction of sp³-hybridized carbons (Fsp3) is 0.474. The third kappa shape index (κ3) is 4.78. The van der Waals surface area contributed by atoms with Gasteiger partial charge in [0.1, 0.15) is 29.5 Å². The zero-order valence-electron chi connectivity index (χ0n) is 15.8. The fourth-order valence-corrected chi connectivity index (χ4v) is 3.46. The molecule has 2 aromatic rings. The second-order valence-corrected chi connectivity index (χ2v) is 6.60. The number of aliphatic hydroxyl groups is 1. The van der Waals surface area contributed by atoms with Crippen molar-refractivity contribution in [1.82, 2.24) is 14.9 Å². The molecule has 3 N–H and O–H groups in total. The Morgan fingerprint density at radius 2 is 1.85 bits per heavy atom. The molecule has 1 aliphatic rings. The standard InChI is InChI=1S/C19H27N5O3/c1-26-16-7-14(8-17(9-16)27-2)11-23-4-5-24(12-15(23)3-6-25)19-10-18(20)21-13-22-19/h7-10,13,15,25H,3-6,11-12H2,1-2H3,(H2,20,21,22). The molecule has 3 rings (SSSR count). The summed E-state index contributed by atoms with van der Waals surface area (Å²) in [7, 11) is 3.30. The molecule has 0 saturated carbocycles. The fourth-order valence-electron chi connectivity index (χ4n) is 3.46. The van der Waals surface area contributed by atoms with Crippen LogP contribution >= 0.6 is 0 Å². The molecule has 1 fully saturated rings. The molecule has 0 amide bonds. The first kappa shape index (κ1) is 19.2. The summed E-state index contributed by atoms with van der Waals surface area (Å²) in [6.45, 7) is 3.37. The second kappa shape index (κ2) is 8.88. The Morgan fingerprint density at radius 1 is 1.11 bits per heavy atom. The third-order valence-electron chi connectivity index (χ3n) is 4.86. The topological polar surface area (TPSA) is 97.0 Å².